The lowest BCUT2D eigenvalue weighted by Crippen LogP contribution is -2.30. The van der Waals surface area contributed by atoms with Crippen molar-refractivity contribution in [2.45, 2.75) is 0 Å². The molecule has 0 aliphatic carbocycles. The van der Waals surface area contributed by atoms with Crippen LogP contribution in [0.4, 0.5) is 5.69 Å². The first-order valence-electron chi connectivity index (χ1n) is 5.30. The summed E-state index contributed by atoms with van der Waals surface area (Å²) in [6, 6.07) is 6.53. The summed E-state index contributed by atoms with van der Waals surface area (Å²) in [5.41, 5.74) is 0.661. The van der Waals surface area contributed by atoms with Gasteiger partial charge in [0, 0.05) is 13.6 Å². The largest absolute Gasteiger partial charge is 0.349 e. The highest BCUT2D eigenvalue weighted by Crippen LogP contribution is 2.21. The van der Waals surface area contributed by atoms with Gasteiger partial charge in [0.15, 0.2) is 0 Å². The number of nitrogens with zero attached hydrogens (tertiary/aromatic N) is 1. The van der Waals surface area contributed by atoms with E-state index in [4.69, 9.17) is 0 Å². The molecule has 0 saturated carbocycles. The summed E-state index contributed by atoms with van der Waals surface area (Å²) in [6.07, 6.45) is 2.65. The molecule has 0 heterocycles. The van der Waals surface area contributed by atoms with Gasteiger partial charge in [0.1, 0.15) is 0 Å². The van der Waals surface area contributed by atoms with Crippen LogP contribution in [0.25, 0.3) is 0 Å². The van der Waals surface area contributed by atoms with E-state index in [1.54, 1.807) is 30.3 Å². The molecule has 0 atom stereocenters. The number of anilines is 1. The fraction of sp³-hybridized carbons (Fsp3) is 0.250. The number of nitrogens with one attached hydrogen (secondary N) is 1. The molecule has 1 aromatic carbocycles. The number of sulfonamides is 1. The molecular weight excluding hydrogens is 252 g/mol. The van der Waals surface area contributed by atoms with Crippen molar-refractivity contribution in [2.75, 3.05) is 24.2 Å². The van der Waals surface area contributed by atoms with Crippen LogP contribution in [0.1, 0.15) is 10.4 Å². The van der Waals surface area contributed by atoms with E-state index in [0.29, 0.717) is 17.8 Å². The molecule has 0 bridgehead atoms. The van der Waals surface area contributed by atoms with Crippen molar-refractivity contribution < 1.29 is 13.2 Å². The van der Waals surface area contributed by atoms with Crippen molar-refractivity contribution in [1.29, 1.82) is 0 Å². The molecule has 1 amide bonds. The van der Waals surface area contributed by atoms with Crippen molar-refractivity contribution in [3.8, 4) is 0 Å². The minimum atomic E-state index is -3.40. The van der Waals surface area contributed by atoms with Crippen LogP contribution in [0.5, 0.6) is 0 Å². The topological polar surface area (TPSA) is 66.5 Å². The summed E-state index contributed by atoms with van der Waals surface area (Å²) >= 11 is 0. The molecule has 1 N–H and O–H groups in total. The van der Waals surface area contributed by atoms with Gasteiger partial charge in [-0.1, -0.05) is 18.2 Å². The van der Waals surface area contributed by atoms with Gasteiger partial charge in [-0.15, -0.1) is 6.58 Å². The highest BCUT2D eigenvalue weighted by atomic mass is 32.2. The Morgan fingerprint density at radius 3 is 2.61 bits per heavy atom. The summed E-state index contributed by atoms with van der Waals surface area (Å²) < 4.78 is 24.1. The maximum absolute atomic E-state index is 11.9. The van der Waals surface area contributed by atoms with Crippen LogP contribution in [0.15, 0.2) is 36.9 Å². The van der Waals surface area contributed by atoms with Gasteiger partial charge in [-0.25, -0.2) is 8.42 Å². The van der Waals surface area contributed by atoms with Crippen molar-refractivity contribution in [3.63, 3.8) is 0 Å². The number of para-hydroxylation sites is 1. The number of hydrogen-bond acceptors (Lipinski definition) is 3. The average molecular weight is 268 g/mol. The van der Waals surface area contributed by atoms with Gasteiger partial charge in [-0.3, -0.25) is 9.10 Å². The molecule has 18 heavy (non-hydrogen) atoms. The average Bonchev–Trinajstić information content (AvgIpc) is 2.34. The predicted octanol–water partition coefficient (Wildman–Crippen LogP) is 0.998. The van der Waals surface area contributed by atoms with Gasteiger partial charge in [0.2, 0.25) is 10.0 Å². The van der Waals surface area contributed by atoms with Crippen LogP contribution in [-0.4, -0.2) is 34.2 Å². The van der Waals surface area contributed by atoms with Crippen molar-refractivity contribution in [2.24, 2.45) is 0 Å². The fourth-order valence-corrected chi connectivity index (χ4v) is 1.90. The van der Waals surface area contributed by atoms with E-state index in [9.17, 15) is 13.2 Å². The number of hydrogen-bond donors (Lipinski definition) is 1. The molecule has 0 unspecified atom stereocenters. The van der Waals surface area contributed by atoms with Gasteiger partial charge >= 0.3 is 0 Å². The number of benzene rings is 1. The van der Waals surface area contributed by atoms with E-state index in [2.05, 4.69) is 11.9 Å². The van der Waals surface area contributed by atoms with Crippen molar-refractivity contribution in [1.82, 2.24) is 5.32 Å². The zero-order valence-corrected chi connectivity index (χ0v) is 11.2. The number of rotatable bonds is 5. The Balaban J connectivity index is 3.14. The first kappa shape index (κ1) is 14.2. The smallest absolute Gasteiger partial charge is 0.253 e. The standard InChI is InChI=1S/C12H16N2O3S/c1-4-9-13-12(15)10-7-5-6-8-11(10)14(2)18(3,16)17/h4-8H,1,9H2,2-3H3,(H,13,15). The monoisotopic (exact) mass is 268 g/mol. The van der Waals surface area contributed by atoms with Gasteiger partial charge in [-0.2, -0.15) is 0 Å². The maximum atomic E-state index is 11.9. The van der Waals surface area contributed by atoms with Gasteiger partial charge < -0.3 is 5.32 Å². The van der Waals surface area contributed by atoms with Crippen LogP contribution in [0.2, 0.25) is 0 Å². The molecule has 1 aromatic rings. The summed E-state index contributed by atoms with van der Waals surface area (Å²) in [5, 5.41) is 2.62. The fourth-order valence-electron chi connectivity index (χ4n) is 1.38. The molecule has 6 heteroatoms. The second kappa shape index (κ2) is 5.68. The Kier molecular flexibility index (Phi) is 4.49. The summed E-state index contributed by atoms with van der Waals surface area (Å²) in [7, 11) is -1.99. The SMILES string of the molecule is C=CCNC(=O)c1ccccc1N(C)S(C)(=O)=O. The summed E-state index contributed by atoms with van der Waals surface area (Å²) in [6.45, 7) is 3.83. The van der Waals surface area contributed by atoms with E-state index >= 15 is 0 Å². The maximum Gasteiger partial charge on any atom is 0.253 e. The van der Waals surface area contributed by atoms with Crippen LogP contribution < -0.4 is 9.62 Å². The normalized spacial score (nSPS) is 10.8. The Morgan fingerprint density at radius 2 is 2.06 bits per heavy atom. The molecule has 0 aromatic heterocycles. The van der Waals surface area contributed by atoms with E-state index in [1.807, 2.05) is 0 Å². The van der Waals surface area contributed by atoms with Crippen LogP contribution in [0, 0.1) is 0 Å². The van der Waals surface area contributed by atoms with Crippen molar-refractivity contribution in [3.05, 3.63) is 42.5 Å². The molecule has 1 rings (SSSR count). The number of carbonyl (C=O) groups is 1. The van der Waals surface area contributed by atoms with Crippen LogP contribution in [0.3, 0.4) is 0 Å². The zero-order valence-electron chi connectivity index (χ0n) is 10.4. The minimum absolute atomic E-state index is 0.312. The summed E-state index contributed by atoms with van der Waals surface area (Å²) in [4.78, 5) is 11.9. The highest BCUT2D eigenvalue weighted by Gasteiger charge is 2.18. The number of carbonyl (C=O) groups excluding carboxylic acids is 1. The second-order valence-corrected chi connectivity index (χ2v) is 5.76. The Morgan fingerprint density at radius 1 is 1.44 bits per heavy atom. The van der Waals surface area contributed by atoms with E-state index in [-0.39, 0.29) is 5.91 Å². The Hall–Kier alpha value is -1.82. The van der Waals surface area contributed by atoms with Gasteiger partial charge in [-0.05, 0) is 12.1 Å². The Labute approximate surface area is 107 Å². The molecular formula is C12H16N2O3S. The lowest BCUT2D eigenvalue weighted by atomic mass is 10.1. The van der Waals surface area contributed by atoms with E-state index in [1.165, 1.54) is 7.05 Å². The van der Waals surface area contributed by atoms with Crippen LogP contribution in [-0.2, 0) is 10.0 Å². The minimum Gasteiger partial charge on any atom is -0.349 e. The molecule has 98 valence electrons. The zero-order chi connectivity index (χ0) is 13.8. The lowest BCUT2D eigenvalue weighted by molar-refractivity contribution is 0.0958. The van der Waals surface area contributed by atoms with Crippen LogP contribution >= 0.6 is 0 Å². The molecule has 5 nitrogen and oxygen atoms in total. The molecule has 0 aliphatic rings. The second-order valence-electron chi connectivity index (χ2n) is 3.75. The first-order valence-corrected chi connectivity index (χ1v) is 7.14. The molecule has 0 saturated heterocycles. The molecule has 0 radical (unpaired) electrons. The third-order valence-corrected chi connectivity index (χ3v) is 3.58. The quantitative estimate of drug-likeness (QED) is 0.810. The molecule has 0 aliphatic heterocycles. The molecule has 0 spiro atoms. The lowest BCUT2D eigenvalue weighted by Gasteiger charge is -2.19. The third kappa shape index (κ3) is 3.33. The van der Waals surface area contributed by atoms with Gasteiger partial charge in [0.05, 0.1) is 17.5 Å². The predicted molar refractivity (Wildman–Crippen MR) is 72.2 cm³/mol. The van der Waals surface area contributed by atoms with E-state index in [0.717, 1.165) is 10.6 Å². The Bertz CT molecular complexity index is 552. The van der Waals surface area contributed by atoms with Crippen molar-refractivity contribution >= 4 is 21.6 Å². The van der Waals surface area contributed by atoms with E-state index < -0.39 is 10.0 Å². The van der Waals surface area contributed by atoms with Gasteiger partial charge in [0.25, 0.3) is 5.91 Å². The summed E-state index contributed by atoms with van der Waals surface area (Å²) in [5.74, 6) is -0.332. The number of amides is 1. The first-order chi connectivity index (χ1) is 8.38. The molecule has 0 fully saturated rings. The third-order valence-electron chi connectivity index (χ3n) is 2.39. The highest BCUT2D eigenvalue weighted by molar-refractivity contribution is 7.92.